The Balaban J connectivity index is 1.84. The lowest BCUT2D eigenvalue weighted by Crippen LogP contribution is -2.36. The minimum atomic E-state index is -0.358. The van der Waals surface area contributed by atoms with Gasteiger partial charge in [0.1, 0.15) is 5.82 Å². The molecule has 2 heterocycles. The molecule has 1 saturated heterocycles. The second-order valence-electron chi connectivity index (χ2n) is 4.98. The maximum Gasteiger partial charge on any atom is 0.243 e. The number of anilines is 2. The average Bonchev–Trinajstić information content (AvgIpc) is 2.54. The molecule has 0 saturated carbocycles. The van der Waals surface area contributed by atoms with Crippen LogP contribution in [0.5, 0.6) is 0 Å². The molecule has 0 radical (unpaired) electrons. The summed E-state index contributed by atoms with van der Waals surface area (Å²) in [6.07, 6.45) is 5.30. The summed E-state index contributed by atoms with van der Waals surface area (Å²) in [5, 5.41) is 5.09. The third kappa shape index (κ3) is 4.71. The predicted molar refractivity (Wildman–Crippen MR) is 81.0 cm³/mol. The Hall–Kier alpha value is -2.15. The minimum Gasteiger partial charge on any atom is -0.357 e. The van der Waals surface area contributed by atoms with E-state index in [-0.39, 0.29) is 24.9 Å². The van der Waals surface area contributed by atoms with Crippen LogP contribution in [0, 0.1) is 0 Å². The van der Waals surface area contributed by atoms with Crippen LogP contribution in [-0.4, -0.2) is 43.0 Å². The van der Waals surface area contributed by atoms with Gasteiger partial charge in [-0.05, 0) is 31.4 Å². The molecule has 1 aromatic heterocycles. The Kier molecular flexibility index (Phi) is 5.51. The van der Waals surface area contributed by atoms with Gasteiger partial charge in [0.2, 0.25) is 11.8 Å². The molecule has 114 valence electrons. The van der Waals surface area contributed by atoms with Crippen LogP contribution in [0.4, 0.5) is 11.5 Å². The van der Waals surface area contributed by atoms with Crippen LogP contribution in [0.2, 0.25) is 0 Å². The standard InChI is InChI=1S/C14H21N5O2/c15-8-13(20)17-10-14(21)18-11-4-5-12(16-9-11)19-6-2-1-3-7-19/h4-5,9H,1-3,6-8,10,15H2,(H,17,20)(H,18,21). The summed E-state index contributed by atoms with van der Waals surface area (Å²) in [4.78, 5) is 29.2. The first kappa shape index (κ1) is 15.2. The summed E-state index contributed by atoms with van der Waals surface area (Å²) < 4.78 is 0. The van der Waals surface area contributed by atoms with E-state index in [2.05, 4.69) is 20.5 Å². The molecular weight excluding hydrogens is 270 g/mol. The molecule has 0 aliphatic carbocycles. The van der Waals surface area contributed by atoms with Crippen LogP contribution in [0.3, 0.4) is 0 Å². The summed E-state index contributed by atoms with van der Waals surface area (Å²) >= 11 is 0. The lowest BCUT2D eigenvalue weighted by molar-refractivity contribution is -0.123. The number of aromatic nitrogens is 1. The second kappa shape index (κ2) is 7.58. The number of nitrogens with one attached hydrogen (secondary N) is 2. The lowest BCUT2D eigenvalue weighted by atomic mass is 10.1. The summed E-state index contributed by atoms with van der Waals surface area (Å²) in [6.45, 7) is 1.84. The third-order valence-corrected chi connectivity index (χ3v) is 3.34. The Morgan fingerprint density at radius 1 is 1.19 bits per heavy atom. The van der Waals surface area contributed by atoms with E-state index in [1.807, 2.05) is 12.1 Å². The van der Waals surface area contributed by atoms with Crippen molar-refractivity contribution in [2.75, 3.05) is 36.4 Å². The largest absolute Gasteiger partial charge is 0.357 e. The number of nitrogens with zero attached hydrogens (tertiary/aromatic N) is 2. The summed E-state index contributed by atoms with van der Waals surface area (Å²) in [6, 6.07) is 3.72. The first-order valence-corrected chi connectivity index (χ1v) is 7.16. The van der Waals surface area contributed by atoms with E-state index in [0.29, 0.717) is 5.69 Å². The molecule has 1 aliphatic rings. The van der Waals surface area contributed by atoms with Crippen LogP contribution in [0.15, 0.2) is 18.3 Å². The van der Waals surface area contributed by atoms with E-state index in [1.165, 1.54) is 19.3 Å². The number of hydrogen-bond donors (Lipinski definition) is 3. The van der Waals surface area contributed by atoms with E-state index in [1.54, 1.807) is 6.20 Å². The highest BCUT2D eigenvalue weighted by atomic mass is 16.2. The fourth-order valence-electron chi connectivity index (χ4n) is 2.23. The van der Waals surface area contributed by atoms with Gasteiger partial charge in [-0.1, -0.05) is 0 Å². The number of piperidine rings is 1. The van der Waals surface area contributed by atoms with Crippen molar-refractivity contribution in [3.8, 4) is 0 Å². The number of amides is 2. The number of pyridine rings is 1. The molecule has 4 N–H and O–H groups in total. The molecule has 0 unspecified atom stereocenters. The van der Waals surface area contributed by atoms with Crippen LogP contribution in [0.1, 0.15) is 19.3 Å². The first-order valence-electron chi connectivity index (χ1n) is 7.16. The molecule has 1 aromatic rings. The Morgan fingerprint density at radius 3 is 2.57 bits per heavy atom. The van der Waals surface area contributed by atoms with Crippen molar-refractivity contribution < 1.29 is 9.59 Å². The Labute approximate surface area is 123 Å². The molecule has 7 nitrogen and oxygen atoms in total. The van der Waals surface area contributed by atoms with Crippen LogP contribution in [0.25, 0.3) is 0 Å². The van der Waals surface area contributed by atoms with E-state index in [9.17, 15) is 9.59 Å². The van der Waals surface area contributed by atoms with Crippen molar-refractivity contribution in [2.45, 2.75) is 19.3 Å². The zero-order chi connectivity index (χ0) is 15.1. The summed E-state index contributed by atoms with van der Waals surface area (Å²) in [5.74, 6) is 0.275. The van der Waals surface area contributed by atoms with Gasteiger partial charge in [0.15, 0.2) is 0 Å². The van der Waals surface area contributed by atoms with Gasteiger partial charge in [-0.15, -0.1) is 0 Å². The van der Waals surface area contributed by atoms with Crippen molar-refractivity contribution in [1.29, 1.82) is 0 Å². The average molecular weight is 291 g/mol. The highest BCUT2D eigenvalue weighted by Crippen LogP contribution is 2.18. The van der Waals surface area contributed by atoms with Crippen LogP contribution in [-0.2, 0) is 9.59 Å². The number of rotatable bonds is 5. The quantitative estimate of drug-likeness (QED) is 0.713. The van der Waals surface area contributed by atoms with Crippen molar-refractivity contribution in [3.05, 3.63) is 18.3 Å². The van der Waals surface area contributed by atoms with Gasteiger partial charge in [-0.25, -0.2) is 4.98 Å². The molecule has 21 heavy (non-hydrogen) atoms. The molecule has 0 bridgehead atoms. The van der Waals surface area contributed by atoms with Crippen molar-refractivity contribution in [2.24, 2.45) is 5.73 Å². The van der Waals surface area contributed by atoms with Crippen LogP contribution < -0.4 is 21.3 Å². The summed E-state index contributed by atoms with van der Waals surface area (Å²) in [5.41, 5.74) is 5.75. The minimum absolute atomic E-state index is 0.0933. The molecule has 2 amide bonds. The van der Waals surface area contributed by atoms with Crippen molar-refractivity contribution >= 4 is 23.3 Å². The molecule has 0 aromatic carbocycles. The molecular formula is C14H21N5O2. The highest BCUT2D eigenvalue weighted by Gasteiger charge is 2.12. The molecule has 7 heteroatoms. The fraction of sp³-hybridized carbons (Fsp3) is 0.500. The topological polar surface area (TPSA) is 100 Å². The van der Waals surface area contributed by atoms with Gasteiger partial charge < -0.3 is 21.3 Å². The van der Waals surface area contributed by atoms with E-state index in [0.717, 1.165) is 18.9 Å². The second-order valence-corrected chi connectivity index (χ2v) is 4.98. The Bertz CT molecular complexity index is 483. The zero-order valence-corrected chi connectivity index (χ0v) is 12.0. The molecule has 1 fully saturated rings. The van der Waals surface area contributed by atoms with E-state index < -0.39 is 0 Å². The van der Waals surface area contributed by atoms with Gasteiger partial charge in [0.25, 0.3) is 0 Å². The lowest BCUT2D eigenvalue weighted by Gasteiger charge is -2.27. The normalized spacial score (nSPS) is 14.6. The number of hydrogen-bond acceptors (Lipinski definition) is 5. The van der Waals surface area contributed by atoms with E-state index >= 15 is 0 Å². The van der Waals surface area contributed by atoms with Crippen molar-refractivity contribution in [3.63, 3.8) is 0 Å². The number of nitrogens with two attached hydrogens (primary N) is 1. The number of carbonyl (C=O) groups excluding carboxylic acids is 2. The number of carbonyl (C=O) groups is 2. The SMILES string of the molecule is NCC(=O)NCC(=O)Nc1ccc(N2CCCCC2)nc1. The fourth-order valence-corrected chi connectivity index (χ4v) is 2.23. The monoisotopic (exact) mass is 291 g/mol. The maximum atomic E-state index is 11.6. The predicted octanol–water partition coefficient (Wildman–Crippen LogP) is 0.0853. The Morgan fingerprint density at radius 2 is 1.95 bits per heavy atom. The highest BCUT2D eigenvalue weighted by molar-refractivity contribution is 5.94. The van der Waals surface area contributed by atoms with Gasteiger partial charge >= 0.3 is 0 Å². The smallest absolute Gasteiger partial charge is 0.243 e. The van der Waals surface area contributed by atoms with E-state index in [4.69, 9.17) is 5.73 Å². The van der Waals surface area contributed by atoms with Gasteiger partial charge in [-0.3, -0.25) is 9.59 Å². The van der Waals surface area contributed by atoms with Gasteiger partial charge in [-0.2, -0.15) is 0 Å². The first-order chi connectivity index (χ1) is 10.2. The van der Waals surface area contributed by atoms with Crippen molar-refractivity contribution in [1.82, 2.24) is 10.3 Å². The molecule has 1 aliphatic heterocycles. The summed E-state index contributed by atoms with van der Waals surface area (Å²) in [7, 11) is 0. The maximum absolute atomic E-state index is 11.6. The van der Waals surface area contributed by atoms with Gasteiger partial charge in [0.05, 0.1) is 25.0 Å². The molecule has 0 spiro atoms. The van der Waals surface area contributed by atoms with Crippen LogP contribution >= 0.6 is 0 Å². The molecule has 2 rings (SSSR count). The zero-order valence-electron chi connectivity index (χ0n) is 12.0. The molecule has 0 atom stereocenters. The third-order valence-electron chi connectivity index (χ3n) is 3.34. The van der Waals surface area contributed by atoms with Gasteiger partial charge in [0, 0.05) is 13.1 Å².